The number of anilines is 1. The molecule has 0 aliphatic carbocycles. The molecule has 1 fully saturated rings. The third-order valence-electron chi connectivity index (χ3n) is 4.82. The minimum atomic E-state index is -4.45. The Morgan fingerprint density at radius 1 is 1.36 bits per heavy atom. The lowest BCUT2D eigenvalue weighted by Crippen LogP contribution is -2.55. The monoisotopic (exact) mass is 354 g/mol. The van der Waals surface area contributed by atoms with Crippen LogP contribution in [0, 0.1) is 5.92 Å². The predicted molar refractivity (Wildman–Crippen MR) is 84.5 cm³/mol. The summed E-state index contributed by atoms with van der Waals surface area (Å²) in [6.07, 6.45) is -4.12. The molecule has 1 aromatic carbocycles. The zero-order valence-corrected chi connectivity index (χ0v) is 13.5. The Morgan fingerprint density at radius 3 is 2.76 bits per heavy atom. The first-order valence-electron chi connectivity index (χ1n) is 8.08. The van der Waals surface area contributed by atoms with Crippen LogP contribution in [-0.4, -0.2) is 37.5 Å². The van der Waals surface area contributed by atoms with E-state index in [1.165, 1.54) is 6.07 Å². The zero-order valence-electron chi connectivity index (χ0n) is 13.5. The highest BCUT2D eigenvalue weighted by molar-refractivity contribution is 6.09. The Balaban J connectivity index is 1.81. The van der Waals surface area contributed by atoms with E-state index in [1.54, 1.807) is 11.8 Å². The first kappa shape index (κ1) is 16.2. The Kier molecular flexibility index (Phi) is 3.64. The van der Waals surface area contributed by atoms with Gasteiger partial charge in [-0.15, -0.1) is 0 Å². The molecule has 9 heteroatoms. The molecule has 0 radical (unpaired) electrons. The Morgan fingerprint density at radius 2 is 2.12 bits per heavy atom. The molecular weight excluding hydrogens is 337 g/mol. The molecule has 1 aromatic rings. The van der Waals surface area contributed by atoms with Gasteiger partial charge in [0.2, 0.25) is 0 Å². The first-order chi connectivity index (χ1) is 11.8. The van der Waals surface area contributed by atoms with Crippen LogP contribution in [0.25, 0.3) is 0 Å². The van der Waals surface area contributed by atoms with Crippen molar-refractivity contribution < 1.29 is 22.7 Å². The second-order valence-electron chi connectivity index (χ2n) is 6.54. The van der Waals surface area contributed by atoms with Gasteiger partial charge >= 0.3 is 6.18 Å². The van der Waals surface area contributed by atoms with Crippen molar-refractivity contribution in [3.05, 3.63) is 23.3 Å². The highest BCUT2D eigenvalue weighted by Crippen LogP contribution is 2.43. The van der Waals surface area contributed by atoms with Gasteiger partial charge in [0.15, 0.2) is 5.84 Å². The van der Waals surface area contributed by atoms with Crippen LogP contribution in [-0.2, 0) is 17.4 Å². The van der Waals surface area contributed by atoms with Crippen molar-refractivity contribution in [3.8, 4) is 5.75 Å². The van der Waals surface area contributed by atoms with Gasteiger partial charge in [-0.3, -0.25) is 4.79 Å². The van der Waals surface area contributed by atoms with E-state index in [4.69, 9.17) is 4.74 Å². The van der Waals surface area contributed by atoms with Crippen molar-refractivity contribution in [2.24, 2.45) is 11.0 Å². The number of benzene rings is 1. The molecule has 3 aliphatic heterocycles. The van der Waals surface area contributed by atoms with Gasteiger partial charge in [-0.1, -0.05) is 0 Å². The van der Waals surface area contributed by atoms with E-state index < -0.39 is 17.8 Å². The molecule has 25 heavy (non-hydrogen) atoms. The number of hydrogen-bond acceptors (Lipinski definition) is 5. The van der Waals surface area contributed by atoms with Crippen LogP contribution in [0.1, 0.15) is 18.1 Å². The molecular formula is C16H17F3N4O2. The SMILES string of the molecule is CC1C(=O)NN=C2COc3cc(C(F)(F)F)c(CC4CNC4)cc3N21. The van der Waals surface area contributed by atoms with E-state index in [0.29, 0.717) is 31.0 Å². The number of hydrazone groups is 1. The number of carbonyl (C=O) groups excluding carboxylic acids is 1. The van der Waals surface area contributed by atoms with Gasteiger partial charge in [-0.25, -0.2) is 5.43 Å². The molecule has 0 aromatic heterocycles. The van der Waals surface area contributed by atoms with E-state index in [-0.39, 0.29) is 29.7 Å². The van der Waals surface area contributed by atoms with Crippen molar-refractivity contribution >= 4 is 17.4 Å². The van der Waals surface area contributed by atoms with Crippen LogP contribution in [0.2, 0.25) is 0 Å². The normalized spacial score (nSPS) is 23.0. The molecule has 134 valence electrons. The van der Waals surface area contributed by atoms with Crippen LogP contribution in [0.15, 0.2) is 17.2 Å². The van der Waals surface area contributed by atoms with Crippen molar-refractivity contribution in [1.82, 2.24) is 10.7 Å². The predicted octanol–water partition coefficient (Wildman–Crippen LogP) is 1.50. The van der Waals surface area contributed by atoms with Crippen molar-refractivity contribution in [2.75, 3.05) is 24.6 Å². The van der Waals surface area contributed by atoms with Crippen LogP contribution in [0.3, 0.4) is 0 Å². The maximum atomic E-state index is 13.5. The average molecular weight is 354 g/mol. The summed E-state index contributed by atoms with van der Waals surface area (Å²) < 4.78 is 45.9. The quantitative estimate of drug-likeness (QED) is 0.845. The fourth-order valence-electron chi connectivity index (χ4n) is 3.35. The van der Waals surface area contributed by atoms with E-state index in [1.807, 2.05) is 0 Å². The lowest BCUT2D eigenvalue weighted by atomic mass is 9.90. The third-order valence-corrected chi connectivity index (χ3v) is 4.82. The first-order valence-corrected chi connectivity index (χ1v) is 8.08. The average Bonchev–Trinajstić information content (AvgIpc) is 2.52. The summed E-state index contributed by atoms with van der Waals surface area (Å²) in [5, 5.41) is 7.03. The molecule has 0 spiro atoms. The molecule has 3 aliphatic rings. The molecule has 3 heterocycles. The molecule has 1 unspecified atom stereocenters. The Bertz CT molecular complexity index is 758. The second-order valence-corrected chi connectivity index (χ2v) is 6.54. The number of fused-ring (bicyclic) bond motifs is 3. The third kappa shape index (κ3) is 2.72. The van der Waals surface area contributed by atoms with E-state index in [0.717, 1.165) is 6.07 Å². The van der Waals surface area contributed by atoms with Gasteiger partial charge in [0.05, 0.1) is 11.3 Å². The minimum Gasteiger partial charge on any atom is -0.483 e. The number of carbonyl (C=O) groups is 1. The molecule has 2 N–H and O–H groups in total. The number of nitrogens with one attached hydrogen (secondary N) is 2. The highest BCUT2D eigenvalue weighted by Gasteiger charge is 2.40. The summed E-state index contributed by atoms with van der Waals surface area (Å²) in [7, 11) is 0. The van der Waals surface area contributed by atoms with Crippen molar-refractivity contribution in [1.29, 1.82) is 0 Å². The smallest absolute Gasteiger partial charge is 0.416 e. The lowest BCUT2D eigenvalue weighted by Gasteiger charge is -2.39. The van der Waals surface area contributed by atoms with E-state index >= 15 is 0 Å². The Hall–Kier alpha value is -2.29. The number of nitrogens with zero attached hydrogens (tertiary/aromatic N) is 2. The number of hydrogen-bond donors (Lipinski definition) is 2. The fraction of sp³-hybridized carbons (Fsp3) is 0.500. The summed E-state index contributed by atoms with van der Waals surface area (Å²) in [4.78, 5) is 13.6. The summed E-state index contributed by atoms with van der Waals surface area (Å²) in [5.41, 5.74) is 2.41. The molecule has 1 amide bonds. The van der Waals surface area contributed by atoms with Crippen LogP contribution in [0.5, 0.6) is 5.75 Å². The van der Waals surface area contributed by atoms with Gasteiger partial charge in [-0.05, 0) is 50.0 Å². The number of alkyl halides is 3. The van der Waals surface area contributed by atoms with Crippen LogP contribution < -0.4 is 20.4 Å². The minimum absolute atomic E-state index is 0.0147. The number of ether oxygens (including phenoxy) is 1. The van der Waals surface area contributed by atoms with Gasteiger partial charge in [0.25, 0.3) is 5.91 Å². The largest absolute Gasteiger partial charge is 0.483 e. The van der Waals surface area contributed by atoms with Crippen LogP contribution in [0.4, 0.5) is 18.9 Å². The standard InChI is InChI=1S/C16H17F3N4O2/c1-8-15(24)22-21-14-7-25-13-4-11(16(17,18)19)10(2-9-5-20-6-9)3-12(13)23(8)14/h3-4,8-9,20H,2,5-7H2,1H3,(H,22,24). The van der Waals surface area contributed by atoms with Gasteiger partial charge in [0.1, 0.15) is 18.4 Å². The molecule has 6 nitrogen and oxygen atoms in total. The number of halogens is 3. The number of rotatable bonds is 2. The summed E-state index contributed by atoms with van der Waals surface area (Å²) in [5.74, 6) is 0.485. The highest BCUT2D eigenvalue weighted by atomic mass is 19.4. The topological polar surface area (TPSA) is 66.0 Å². The maximum absolute atomic E-state index is 13.5. The second kappa shape index (κ2) is 5.62. The van der Waals surface area contributed by atoms with Crippen molar-refractivity contribution in [3.63, 3.8) is 0 Å². The maximum Gasteiger partial charge on any atom is 0.416 e. The van der Waals surface area contributed by atoms with E-state index in [9.17, 15) is 18.0 Å². The van der Waals surface area contributed by atoms with Gasteiger partial charge in [-0.2, -0.15) is 18.3 Å². The fourth-order valence-corrected chi connectivity index (χ4v) is 3.35. The van der Waals surface area contributed by atoms with Crippen molar-refractivity contribution in [2.45, 2.75) is 25.6 Å². The van der Waals surface area contributed by atoms with Gasteiger partial charge in [0, 0.05) is 0 Å². The molecule has 0 bridgehead atoms. The number of amides is 1. The van der Waals surface area contributed by atoms with E-state index in [2.05, 4.69) is 15.8 Å². The summed E-state index contributed by atoms with van der Waals surface area (Å²) in [6, 6.07) is 1.98. The molecule has 0 saturated carbocycles. The van der Waals surface area contributed by atoms with Crippen LogP contribution >= 0.6 is 0 Å². The molecule has 1 atom stereocenters. The zero-order chi connectivity index (χ0) is 17.8. The summed E-state index contributed by atoms with van der Waals surface area (Å²) >= 11 is 0. The summed E-state index contributed by atoms with van der Waals surface area (Å²) in [6.45, 7) is 3.12. The number of amidine groups is 1. The van der Waals surface area contributed by atoms with Gasteiger partial charge < -0.3 is 15.0 Å². The molecule has 1 saturated heterocycles. The Labute approximate surface area is 142 Å². The lowest BCUT2D eigenvalue weighted by molar-refractivity contribution is -0.138. The molecule has 4 rings (SSSR count).